The van der Waals surface area contributed by atoms with Gasteiger partial charge in [-0.05, 0) is 37.5 Å². The minimum atomic E-state index is -0.476. The van der Waals surface area contributed by atoms with Crippen LogP contribution >= 0.6 is 11.6 Å². The SMILES string of the molecule is CCOC(=O)C1(C(C)C)CCN(c2ccc(C#N)c(Cl)c2)C1. The summed E-state index contributed by atoms with van der Waals surface area (Å²) < 4.78 is 5.30. The summed E-state index contributed by atoms with van der Waals surface area (Å²) in [5, 5.41) is 9.40. The zero-order valence-electron chi connectivity index (χ0n) is 13.2. The monoisotopic (exact) mass is 320 g/mol. The number of nitriles is 1. The Morgan fingerprint density at radius 2 is 2.27 bits per heavy atom. The molecule has 1 aromatic rings. The largest absolute Gasteiger partial charge is 0.466 e. The predicted octanol–water partition coefficient (Wildman–Crippen LogP) is 3.63. The zero-order valence-corrected chi connectivity index (χ0v) is 14.0. The number of rotatable bonds is 4. The second kappa shape index (κ2) is 6.58. The molecule has 0 radical (unpaired) electrons. The molecule has 2 rings (SSSR count). The summed E-state index contributed by atoms with van der Waals surface area (Å²) in [6.45, 7) is 7.75. The number of halogens is 1. The molecule has 1 atom stereocenters. The number of hydrogen-bond acceptors (Lipinski definition) is 4. The summed E-state index contributed by atoms with van der Waals surface area (Å²) in [4.78, 5) is 14.6. The maximum absolute atomic E-state index is 12.4. The van der Waals surface area contributed by atoms with Gasteiger partial charge in [0, 0.05) is 18.8 Å². The topological polar surface area (TPSA) is 53.3 Å². The number of carbonyl (C=O) groups excluding carboxylic acids is 1. The third-order valence-electron chi connectivity index (χ3n) is 4.53. The minimum Gasteiger partial charge on any atom is -0.466 e. The molecule has 1 unspecified atom stereocenters. The van der Waals surface area contributed by atoms with Gasteiger partial charge in [0.05, 0.1) is 22.6 Å². The molecule has 118 valence electrons. The molecule has 4 nitrogen and oxygen atoms in total. The Labute approximate surface area is 136 Å². The van der Waals surface area contributed by atoms with Crippen LogP contribution in [0.2, 0.25) is 5.02 Å². The van der Waals surface area contributed by atoms with Crippen LogP contribution in [0.5, 0.6) is 0 Å². The van der Waals surface area contributed by atoms with Crippen molar-refractivity contribution in [2.45, 2.75) is 27.2 Å². The van der Waals surface area contributed by atoms with Crippen molar-refractivity contribution in [3.05, 3.63) is 28.8 Å². The van der Waals surface area contributed by atoms with E-state index in [0.29, 0.717) is 23.7 Å². The lowest BCUT2D eigenvalue weighted by molar-refractivity contribution is -0.156. The van der Waals surface area contributed by atoms with Gasteiger partial charge in [-0.15, -0.1) is 0 Å². The van der Waals surface area contributed by atoms with Gasteiger partial charge in [0.2, 0.25) is 0 Å². The normalized spacial score (nSPS) is 21.0. The summed E-state index contributed by atoms with van der Waals surface area (Å²) >= 11 is 6.11. The Hall–Kier alpha value is -1.73. The van der Waals surface area contributed by atoms with Crippen LogP contribution in [-0.4, -0.2) is 25.7 Å². The molecule has 1 aromatic carbocycles. The van der Waals surface area contributed by atoms with E-state index in [2.05, 4.69) is 24.8 Å². The smallest absolute Gasteiger partial charge is 0.314 e. The number of esters is 1. The standard InChI is InChI=1S/C17H21ClN2O2/c1-4-22-16(21)17(12(2)3)7-8-20(11-17)14-6-5-13(10-19)15(18)9-14/h5-6,9,12H,4,7-8,11H2,1-3H3. The Balaban J connectivity index is 2.25. The molecule has 1 aliphatic rings. The Morgan fingerprint density at radius 1 is 1.55 bits per heavy atom. The maximum Gasteiger partial charge on any atom is 0.314 e. The van der Waals surface area contributed by atoms with Gasteiger partial charge < -0.3 is 9.64 Å². The fourth-order valence-electron chi connectivity index (χ4n) is 2.99. The Kier molecular flexibility index (Phi) is 4.97. The third-order valence-corrected chi connectivity index (χ3v) is 4.84. The molecule has 0 aliphatic carbocycles. The molecule has 1 aliphatic heterocycles. The molecule has 0 bridgehead atoms. The number of nitrogens with zero attached hydrogens (tertiary/aromatic N) is 2. The van der Waals surface area contributed by atoms with Crippen LogP contribution in [0.15, 0.2) is 18.2 Å². The summed E-state index contributed by atoms with van der Waals surface area (Å²) in [7, 11) is 0. The van der Waals surface area contributed by atoms with Gasteiger partial charge in [-0.2, -0.15) is 5.26 Å². The van der Waals surface area contributed by atoms with Gasteiger partial charge >= 0.3 is 5.97 Å². The molecule has 0 aromatic heterocycles. The van der Waals surface area contributed by atoms with Crippen LogP contribution in [0.1, 0.15) is 32.8 Å². The van der Waals surface area contributed by atoms with E-state index >= 15 is 0 Å². The van der Waals surface area contributed by atoms with Crippen LogP contribution < -0.4 is 4.90 Å². The number of benzene rings is 1. The van der Waals surface area contributed by atoms with Gasteiger partial charge in [0.25, 0.3) is 0 Å². The Bertz CT molecular complexity index is 609. The van der Waals surface area contributed by atoms with Crippen molar-refractivity contribution < 1.29 is 9.53 Å². The van der Waals surface area contributed by atoms with Crippen molar-refractivity contribution in [3.63, 3.8) is 0 Å². The molecular weight excluding hydrogens is 300 g/mol. The highest BCUT2D eigenvalue weighted by Crippen LogP contribution is 2.41. The molecule has 5 heteroatoms. The van der Waals surface area contributed by atoms with Crippen LogP contribution in [0, 0.1) is 22.7 Å². The highest BCUT2D eigenvalue weighted by molar-refractivity contribution is 6.32. The van der Waals surface area contributed by atoms with Crippen molar-refractivity contribution in [2.75, 3.05) is 24.6 Å². The van der Waals surface area contributed by atoms with E-state index < -0.39 is 5.41 Å². The lowest BCUT2D eigenvalue weighted by Gasteiger charge is -2.31. The van der Waals surface area contributed by atoms with Gasteiger partial charge in [0.15, 0.2) is 0 Å². The quantitative estimate of drug-likeness (QED) is 0.795. The molecular formula is C17H21ClN2O2. The average Bonchev–Trinajstić information content (AvgIpc) is 2.94. The number of anilines is 1. The molecule has 1 saturated heterocycles. The number of hydrogen-bond donors (Lipinski definition) is 0. The minimum absolute atomic E-state index is 0.118. The van der Waals surface area contributed by atoms with Crippen molar-refractivity contribution in [2.24, 2.45) is 11.3 Å². The number of ether oxygens (including phenoxy) is 1. The third kappa shape index (κ3) is 2.91. The number of carbonyl (C=O) groups is 1. The van der Waals surface area contributed by atoms with E-state index in [0.717, 1.165) is 18.7 Å². The van der Waals surface area contributed by atoms with E-state index in [1.807, 2.05) is 13.0 Å². The molecule has 0 spiro atoms. The second-order valence-corrected chi connectivity index (χ2v) is 6.39. The van der Waals surface area contributed by atoms with Crippen LogP contribution in [-0.2, 0) is 9.53 Å². The van der Waals surface area contributed by atoms with Crippen molar-refractivity contribution in [3.8, 4) is 6.07 Å². The first-order chi connectivity index (χ1) is 10.4. The highest BCUT2D eigenvalue weighted by Gasteiger charge is 2.48. The average molecular weight is 321 g/mol. The summed E-state index contributed by atoms with van der Waals surface area (Å²) in [6, 6.07) is 7.45. The first-order valence-electron chi connectivity index (χ1n) is 7.56. The maximum atomic E-state index is 12.4. The van der Waals surface area contributed by atoms with Gasteiger partial charge in [0.1, 0.15) is 6.07 Å². The predicted molar refractivity (Wildman–Crippen MR) is 86.9 cm³/mol. The van der Waals surface area contributed by atoms with Crippen LogP contribution in [0.25, 0.3) is 0 Å². The summed E-state index contributed by atoms with van der Waals surface area (Å²) in [5.74, 6) is 0.0812. The van der Waals surface area contributed by atoms with Gasteiger partial charge in [-0.1, -0.05) is 25.4 Å². The van der Waals surface area contributed by atoms with E-state index in [1.54, 1.807) is 12.1 Å². The molecule has 0 N–H and O–H groups in total. The zero-order chi connectivity index (χ0) is 16.3. The van der Waals surface area contributed by atoms with Crippen LogP contribution in [0.3, 0.4) is 0 Å². The van der Waals surface area contributed by atoms with Crippen molar-refractivity contribution in [1.29, 1.82) is 5.26 Å². The second-order valence-electron chi connectivity index (χ2n) is 5.98. The molecule has 0 amide bonds. The van der Waals surface area contributed by atoms with Crippen molar-refractivity contribution >= 4 is 23.3 Å². The summed E-state index contributed by atoms with van der Waals surface area (Å²) in [5.41, 5.74) is 0.928. The first kappa shape index (κ1) is 16.6. The fraction of sp³-hybridized carbons (Fsp3) is 0.529. The molecule has 22 heavy (non-hydrogen) atoms. The highest BCUT2D eigenvalue weighted by atomic mass is 35.5. The van der Waals surface area contributed by atoms with E-state index in [9.17, 15) is 4.79 Å². The Morgan fingerprint density at radius 3 is 2.82 bits per heavy atom. The lowest BCUT2D eigenvalue weighted by atomic mass is 9.76. The van der Waals surface area contributed by atoms with E-state index in [-0.39, 0.29) is 11.9 Å². The van der Waals surface area contributed by atoms with Gasteiger partial charge in [-0.25, -0.2) is 0 Å². The first-order valence-corrected chi connectivity index (χ1v) is 7.94. The van der Waals surface area contributed by atoms with Crippen LogP contribution in [0.4, 0.5) is 5.69 Å². The molecule has 1 heterocycles. The summed E-state index contributed by atoms with van der Waals surface area (Å²) in [6.07, 6.45) is 0.765. The fourth-order valence-corrected chi connectivity index (χ4v) is 3.21. The van der Waals surface area contributed by atoms with Gasteiger partial charge in [-0.3, -0.25) is 4.79 Å². The molecule has 1 fully saturated rings. The van der Waals surface area contributed by atoms with E-state index in [4.69, 9.17) is 21.6 Å². The van der Waals surface area contributed by atoms with Crippen molar-refractivity contribution in [1.82, 2.24) is 0 Å². The van der Waals surface area contributed by atoms with E-state index in [1.165, 1.54) is 0 Å². The lowest BCUT2D eigenvalue weighted by Crippen LogP contribution is -2.40. The molecule has 0 saturated carbocycles.